The van der Waals surface area contributed by atoms with Crippen molar-refractivity contribution < 1.29 is 13.2 Å². The summed E-state index contributed by atoms with van der Waals surface area (Å²) in [5, 5.41) is 3.21. The highest BCUT2D eigenvalue weighted by molar-refractivity contribution is 5.28. The molecule has 1 N–H and O–H groups in total. The van der Waals surface area contributed by atoms with Crippen molar-refractivity contribution in [3.8, 4) is 0 Å². The quantitative estimate of drug-likeness (QED) is 0.868. The van der Waals surface area contributed by atoms with Crippen molar-refractivity contribution in [3.63, 3.8) is 0 Å². The Bertz CT molecular complexity index is 421. The van der Waals surface area contributed by atoms with E-state index >= 15 is 0 Å². The zero-order valence-corrected chi connectivity index (χ0v) is 10.6. The van der Waals surface area contributed by atoms with Crippen LogP contribution in [0.1, 0.15) is 30.9 Å². The fourth-order valence-electron chi connectivity index (χ4n) is 2.49. The number of benzene rings is 1. The Morgan fingerprint density at radius 1 is 1.33 bits per heavy atom. The average molecular weight is 257 g/mol. The molecule has 0 spiro atoms. The predicted molar refractivity (Wildman–Crippen MR) is 65.3 cm³/mol. The van der Waals surface area contributed by atoms with Gasteiger partial charge in [-0.25, -0.2) is 0 Å². The van der Waals surface area contributed by atoms with Gasteiger partial charge in [-0.3, -0.25) is 0 Å². The molecule has 0 saturated heterocycles. The van der Waals surface area contributed by atoms with Crippen molar-refractivity contribution in [2.24, 2.45) is 5.41 Å². The zero-order valence-electron chi connectivity index (χ0n) is 10.6. The van der Waals surface area contributed by atoms with Gasteiger partial charge < -0.3 is 5.32 Å². The maximum atomic E-state index is 12.6. The molecule has 1 aliphatic carbocycles. The van der Waals surface area contributed by atoms with Crippen LogP contribution in [-0.2, 0) is 12.6 Å². The molecule has 1 aliphatic rings. The van der Waals surface area contributed by atoms with E-state index in [-0.39, 0.29) is 5.41 Å². The lowest BCUT2D eigenvalue weighted by atomic mass is 9.89. The van der Waals surface area contributed by atoms with E-state index < -0.39 is 11.7 Å². The van der Waals surface area contributed by atoms with Gasteiger partial charge in [0, 0.05) is 6.04 Å². The lowest BCUT2D eigenvalue weighted by Crippen LogP contribution is -2.33. The van der Waals surface area contributed by atoms with E-state index in [0.29, 0.717) is 6.04 Å². The van der Waals surface area contributed by atoms with Gasteiger partial charge in [0.25, 0.3) is 0 Å². The van der Waals surface area contributed by atoms with Crippen molar-refractivity contribution >= 4 is 0 Å². The van der Waals surface area contributed by atoms with Crippen LogP contribution >= 0.6 is 0 Å². The molecule has 1 saturated carbocycles. The van der Waals surface area contributed by atoms with Crippen LogP contribution in [0.2, 0.25) is 0 Å². The molecular weight excluding hydrogens is 239 g/mol. The lowest BCUT2D eigenvalue weighted by Gasteiger charge is -2.23. The Morgan fingerprint density at radius 2 is 2.00 bits per heavy atom. The molecule has 18 heavy (non-hydrogen) atoms. The lowest BCUT2D eigenvalue weighted by molar-refractivity contribution is -0.137. The predicted octanol–water partition coefficient (Wildman–Crippen LogP) is 3.64. The summed E-state index contributed by atoms with van der Waals surface area (Å²) in [6.45, 7) is 2.10. The molecule has 0 aliphatic heterocycles. The van der Waals surface area contributed by atoms with Crippen LogP contribution in [0.5, 0.6) is 0 Å². The highest BCUT2D eigenvalue weighted by atomic mass is 19.4. The number of rotatable bonds is 4. The Kier molecular flexibility index (Phi) is 3.41. The van der Waals surface area contributed by atoms with Crippen LogP contribution in [0.3, 0.4) is 0 Å². The highest BCUT2D eigenvalue weighted by Crippen LogP contribution is 2.51. The summed E-state index contributed by atoms with van der Waals surface area (Å²) in [6, 6.07) is 6.04. The minimum atomic E-state index is -4.25. The van der Waals surface area contributed by atoms with E-state index in [1.165, 1.54) is 12.1 Å². The third kappa shape index (κ3) is 2.69. The van der Waals surface area contributed by atoms with Crippen molar-refractivity contribution in [3.05, 3.63) is 35.4 Å². The minimum absolute atomic E-state index is 0.152. The third-order valence-electron chi connectivity index (χ3n) is 4.05. The fraction of sp³-hybridized carbons (Fsp3) is 0.571. The molecule has 0 amide bonds. The Labute approximate surface area is 105 Å². The second-order valence-electron chi connectivity index (χ2n) is 5.25. The number of alkyl halides is 3. The summed E-state index contributed by atoms with van der Waals surface area (Å²) in [5.74, 6) is 0. The molecule has 100 valence electrons. The van der Waals surface area contributed by atoms with E-state index in [2.05, 4.69) is 12.2 Å². The highest BCUT2D eigenvalue weighted by Gasteiger charge is 2.46. The monoisotopic (exact) mass is 257 g/mol. The van der Waals surface area contributed by atoms with Gasteiger partial charge in [0.1, 0.15) is 0 Å². The first-order valence-corrected chi connectivity index (χ1v) is 6.21. The number of hydrogen-bond acceptors (Lipinski definition) is 1. The maximum absolute atomic E-state index is 12.6. The zero-order chi connectivity index (χ0) is 13.4. The van der Waals surface area contributed by atoms with Gasteiger partial charge in [0.05, 0.1) is 5.56 Å². The standard InChI is InChI=1S/C14H18F3N/c1-10(18-2)13(6-7-13)9-11-4-3-5-12(8-11)14(15,16)17/h3-5,8,10,18H,6-7,9H2,1-2H3. The van der Waals surface area contributed by atoms with Crippen molar-refractivity contribution in [2.45, 2.75) is 38.4 Å². The average Bonchev–Trinajstić information content (AvgIpc) is 3.08. The van der Waals surface area contributed by atoms with Gasteiger partial charge in [0.15, 0.2) is 0 Å². The summed E-state index contributed by atoms with van der Waals surface area (Å²) in [6.07, 6.45) is -1.35. The van der Waals surface area contributed by atoms with Crippen LogP contribution < -0.4 is 5.32 Å². The molecule has 0 radical (unpaired) electrons. The maximum Gasteiger partial charge on any atom is 0.416 e. The number of hydrogen-bond donors (Lipinski definition) is 1. The van der Waals surface area contributed by atoms with Crippen LogP contribution in [0, 0.1) is 5.41 Å². The topological polar surface area (TPSA) is 12.0 Å². The largest absolute Gasteiger partial charge is 0.416 e. The van der Waals surface area contributed by atoms with E-state index in [4.69, 9.17) is 0 Å². The van der Waals surface area contributed by atoms with Crippen molar-refractivity contribution in [1.29, 1.82) is 0 Å². The van der Waals surface area contributed by atoms with Crippen LogP contribution in [0.15, 0.2) is 24.3 Å². The Hall–Kier alpha value is -1.03. The van der Waals surface area contributed by atoms with Crippen LogP contribution in [-0.4, -0.2) is 13.1 Å². The molecule has 1 fully saturated rings. The first-order valence-electron chi connectivity index (χ1n) is 6.21. The van der Waals surface area contributed by atoms with Gasteiger partial charge in [0.2, 0.25) is 0 Å². The minimum Gasteiger partial charge on any atom is -0.317 e. The van der Waals surface area contributed by atoms with Gasteiger partial charge in [-0.1, -0.05) is 18.2 Å². The van der Waals surface area contributed by atoms with Crippen LogP contribution in [0.25, 0.3) is 0 Å². The van der Waals surface area contributed by atoms with Gasteiger partial charge in [-0.15, -0.1) is 0 Å². The molecule has 2 rings (SSSR count). The SMILES string of the molecule is CNC(C)C1(Cc2cccc(C(F)(F)F)c2)CC1. The Balaban J connectivity index is 2.16. The molecule has 0 heterocycles. The summed E-state index contributed by atoms with van der Waals surface area (Å²) in [5.41, 5.74) is 0.385. The number of halogens is 3. The summed E-state index contributed by atoms with van der Waals surface area (Å²) in [4.78, 5) is 0. The second kappa shape index (κ2) is 4.57. The first-order chi connectivity index (χ1) is 8.37. The molecule has 0 aromatic heterocycles. The first kappa shape index (κ1) is 13.4. The van der Waals surface area contributed by atoms with Crippen molar-refractivity contribution in [2.75, 3.05) is 7.05 Å². The fourth-order valence-corrected chi connectivity index (χ4v) is 2.49. The summed E-state index contributed by atoms with van der Waals surface area (Å²) >= 11 is 0. The van der Waals surface area contributed by atoms with Crippen molar-refractivity contribution in [1.82, 2.24) is 5.32 Å². The molecule has 4 heteroatoms. The molecule has 1 aromatic carbocycles. The smallest absolute Gasteiger partial charge is 0.317 e. The summed E-state index contributed by atoms with van der Waals surface area (Å²) < 4.78 is 37.9. The Morgan fingerprint density at radius 3 is 2.50 bits per heavy atom. The van der Waals surface area contributed by atoms with E-state index in [1.54, 1.807) is 6.07 Å². The van der Waals surface area contributed by atoms with E-state index in [0.717, 1.165) is 30.9 Å². The van der Waals surface area contributed by atoms with Gasteiger partial charge >= 0.3 is 6.18 Å². The normalized spacial score (nSPS) is 19.6. The molecular formula is C14H18F3N. The molecule has 1 unspecified atom stereocenters. The number of nitrogens with one attached hydrogen (secondary N) is 1. The van der Waals surface area contributed by atoms with E-state index in [9.17, 15) is 13.2 Å². The molecule has 1 aromatic rings. The molecule has 0 bridgehead atoms. The van der Waals surface area contributed by atoms with Gasteiger partial charge in [-0.05, 0) is 50.3 Å². The second-order valence-corrected chi connectivity index (χ2v) is 5.25. The van der Waals surface area contributed by atoms with Crippen LogP contribution in [0.4, 0.5) is 13.2 Å². The van der Waals surface area contributed by atoms with E-state index in [1.807, 2.05) is 7.05 Å². The molecule has 1 nitrogen and oxygen atoms in total. The molecule has 1 atom stereocenters. The van der Waals surface area contributed by atoms with Gasteiger partial charge in [-0.2, -0.15) is 13.2 Å². The summed E-state index contributed by atoms with van der Waals surface area (Å²) in [7, 11) is 1.90. The third-order valence-corrected chi connectivity index (χ3v) is 4.05.